The quantitative estimate of drug-likeness (QED) is 0.213. The lowest BCUT2D eigenvalue weighted by Crippen LogP contribution is -2.48. The first kappa shape index (κ1) is 27.1. The zero-order valence-corrected chi connectivity index (χ0v) is 18.3. The molecule has 7 atom stereocenters. The second-order valence-electron chi connectivity index (χ2n) is 6.38. The lowest BCUT2D eigenvalue weighted by Gasteiger charge is -2.26. The van der Waals surface area contributed by atoms with Gasteiger partial charge in [-0.15, -0.1) is 0 Å². The number of nitrogens with zero attached hydrogens (tertiary/aromatic N) is 1. The van der Waals surface area contributed by atoms with Crippen LogP contribution in [0, 0.1) is 0 Å². The van der Waals surface area contributed by atoms with Gasteiger partial charge in [-0.25, -0.2) is 27.3 Å². The van der Waals surface area contributed by atoms with Gasteiger partial charge >= 0.3 is 29.2 Å². The number of ether oxygens (including phenoxy) is 1. The minimum Gasteiger partial charge on any atom is -0.387 e. The SMILES string of the molecule is C[C@H](OP(=O)(O)OP(=O)(O)OP(=O)(O)O)[C@H]1O[C@@H](n2ccc(=O)[nH]c2=O)C(F)(CF)[C@H]1O. The Morgan fingerprint density at radius 1 is 1.22 bits per heavy atom. The predicted molar refractivity (Wildman–Crippen MR) is 95.5 cm³/mol. The van der Waals surface area contributed by atoms with Gasteiger partial charge in [0.05, 0.1) is 6.10 Å². The Morgan fingerprint density at radius 2 is 1.81 bits per heavy atom. The van der Waals surface area contributed by atoms with Crippen molar-refractivity contribution in [3.8, 4) is 0 Å². The van der Waals surface area contributed by atoms with Gasteiger partial charge in [-0.3, -0.25) is 18.9 Å². The van der Waals surface area contributed by atoms with Crippen LogP contribution >= 0.6 is 23.5 Å². The second kappa shape index (κ2) is 9.25. The number of aromatic nitrogens is 2. The van der Waals surface area contributed by atoms with E-state index in [9.17, 15) is 37.7 Å². The van der Waals surface area contributed by atoms with Crippen LogP contribution in [0.2, 0.25) is 0 Å². The highest BCUT2D eigenvalue weighted by Crippen LogP contribution is 2.66. The van der Waals surface area contributed by atoms with Crippen LogP contribution in [0.5, 0.6) is 0 Å². The Bertz CT molecular complexity index is 1100. The molecule has 0 aliphatic carbocycles. The van der Waals surface area contributed by atoms with Crippen molar-refractivity contribution < 1.29 is 65.0 Å². The molecule has 1 saturated heterocycles. The van der Waals surface area contributed by atoms with E-state index >= 15 is 4.39 Å². The normalized spacial score (nSPS) is 31.1. The van der Waals surface area contributed by atoms with Crippen molar-refractivity contribution in [1.82, 2.24) is 9.55 Å². The summed E-state index contributed by atoms with van der Waals surface area (Å²) in [6.07, 6.45) is -7.81. The standard InChI is InChI=1S/C11H17F2N2O14P3/c1-5(27-31(22,23)29-32(24,25)28-30(19,20)21)7-8(17)11(13,4-12)9(26-7)15-3-2-6(16)14-10(15)18/h2-3,5,7-9,17H,4H2,1H3,(H,22,23)(H,24,25)(H,14,16,18)(H2,19,20,21)/t5-,7+,8-,9+,11?/m0/s1. The molecule has 0 amide bonds. The molecule has 0 saturated carbocycles. The first-order chi connectivity index (χ1) is 14.4. The number of phosphoric ester groups is 1. The maximum atomic E-state index is 15.2. The topological polar surface area (TPSA) is 244 Å². The van der Waals surface area contributed by atoms with Crippen LogP contribution in [-0.4, -0.2) is 64.9 Å². The summed E-state index contributed by atoms with van der Waals surface area (Å²) in [5.41, 5.74) is -5.45. The fourth-order valence-electron chi connectivity index (χ4n) is 2.75. The van der Waals surface area contributed by atoms with Gasteiger partial charge in [0.25, 0.3) is 5.56 Å². The number of rotatable bonds is 9. The van der Waals surface area contributed by atoms with Gasteiger partial charge in [-0.2, -0.15) is 8.62 Å². The molecule has 2 heterocycles. The third kappa shape index (κ3) is 6.26. The van der Waals surface area contributed by atoms with Gasteiger partial charge in [0.15, 0.2) is 6.23 Å². The van der Waals surface area contributed by atoms with Gasteiger partial charge in [0, 0.05) is 12.3 Å². The number of nitrogens with one attached hydrogen (secondary N) is 1. The number of hydrogen-bond acceptors (Lipinski definition) is 10. The molecule has 2 rings (SSSR count). The molecule has 0 spiro atoms. The predicted octanol–water partition coefficient (Wildman–Crippen LogP) is -0.796. The maximum Gasteiger partial charge on any atom is 0.490 e. The van der Waals surface area contributed by atoms with E-state index in [1.807, 2.05) is 0 Å². The molecule has 1 fully saturated rings. The Labute approximate surface area is 175 Å². The van der Waals surface area contributed by atoms with E-state index in [0.29, 0.717) is 4.57 Å². The van der Waals surface area contributed by atoms with Crippen molar-refractivity contribution in [2.45, 2.75) is 37.1 Å². The first-order valence-electron chi connectivity index (χ1n) is 8.13. The molecule has 1 aliphatic heterocycles. The number of hydrogen-bond donors (Lipinski definition) is 6. The number of alkyl halides is 2. The van der Waals surface area contributed by atoms with E-state index in [1.165, 1.54) is 0 Å². The van der Waals surface area contributed by atoms with E-state index in [0.717, 1.165) is 19.2 Å². The number of aromatic amines is 1. The molecule has 184 valence electrons. The molecule has 3 unspecified atom stereocenters. The van der Waals surface area contributed by atoms with Gasteiger partial charge in [0.1, 0.15) is 18.9 Å². The summed E-state index contributed by atoms with van der Waals surface area (Å²) in [5, 5.41) is 10.2. The highest BCUT2D eigenvalue weighted by Gasteiger charge is 2.61. The third-order valence-corrected chi connectivity index (χ3v) is 7.91. The molecule has 16 nitrogen and oxygen atoms in total. The fourth-order valence-corrected chi connectivity index (χ4v) is 5.95. The lowest BCUT2D eigenvalue weighted by molar-refractivity contribution is -0.0855. The van der Waals surface area contributed by atoms with Crippen LogP contribution in [-0.2, 0) is 31.6 Å². The number of phosphoric acid groups is 3. The van der Waals surface area contributed by atoms with E-state index in [-0.39, 0.29) is 0 Å². The summed E-state index contributed by atoms with van der Waals surface area (Å²) >= 11 is 0. The molecule has 0 aromatic carbocycles. The van der Waals surface area contributed by atoms with Gasteiger partial charge in [-0.1, -0.05) is 0 Å². The summed E-state index contributed by atoms with van der Waals surface area (Å²) in [4.78, 5) is 60.5. The van der Waals surface area contributed by atoms with Crippen molar-refractivity contribution in [2.75, 3.05) is 6.67 Å². The Kier molecular flexibility index (Phi) is 7.84. The maximum absolute atomic E-state index is 15.2. The molecule has 21 heteroatoms. The molecule has 0 radical (unpaired) electrons. The van der Waals surface area contributed by atoms with E-state index in [1.54, 1.807) is 4.98 Å². The molecular weight excluding hydrogens is 515 g/mol. The van der Waals surface area contributed by atoms with Gasteiger partial charge in [-0.05, 0) is 6.92 Å². The molecule has 0 bridgehead atoms. The van der Waals surface area contributed by atoms with Crippen LogP contribution in [0.3, 0.4) is 0 Å². The van der Waals surface area contributed by atoms with Crippen molar-refractivity contribution >= 4 is 23.5 Å². The summed E-state index contributed by atoms with van der Waals surface area (Å²) in [6.45, 7) is -1.08. The summed E-state index contributed by atoms with van der Waals surface area (Å²) < 4.78 is 79.5. The zero-order chi connectivity index (χ0) is 24.7. The molecule has 6 N–H and O–H groups in total. The Morgan fingerprint density at radius 3 is 2.31 bits per heavy atom. The fraction of sp³-hybridized carbons (Fsp3) is 0.636. The number of H-pyrrole nitrogens is 1. The van der Waals surface area contributed by atoms with Crippen LogP contribution < -0.4 is 11.2 Å². The monoisotopic (exact) mass is 532 g/mol. The number of aliphatic hydroxyl groups is 1. The highest BCUT2D eigenvalue weighted by molar-refractivity contribution is 7.66. The second-order valence-corrected chi connectivity index (χ2v) is 10.7. The minimum atomic E-state index is -5.86. The third-order valence-electron chi connectivity index (χ3n) is 3.99. The average Bonchev–Trinajstić information content (AvgIpc) is 2.84. The van der Waals surface area contributed by atoms with Gasteiger partial charge in [0.2, 0.25) is 5.67 Å². The van der Waals surface area contributed by atoms with Crippen LogP contribution in [0.4, 0.5) is 8.78 Å². The van der Waals surface area contributed by atoms with Crippen molar-refractivity contribution in [3.63, 3.8) is 0 Å². The van der Waals surface area contributed by atoms with Crippen LogP contribution in [0.1, 0.15) is 13.2 Å². The Hall–Kier alpha value is -1.13. The first-order valence-corrected chi connectivity index (χ1v) is 12.6. The van der Waals surface area contributed by atoms with E-state index in [4.69, 9.17) is 19.4 Å². The van der Waals surface area contributed by atoms with E-state index < -0.39 is 71.6 Å². The van der Waals surface area contributed by atoms with Crippen LogP contribution in [0.15, 0.2) is 21.9 Å². The molecule has 1 aromatic heterocycles. The summed E-state index contributed by atoms with van der Waals surface area (Å²) in [6, 6.07) is 0.763. The average molecular weight is 532 g/mol. The van der Waals surface area contributed by atoms with E-state index in [2.05, 4.69) is 13.1 Å². The highest BCUT2D eigenvalue weighted by atomic mass is 31.3. The Balaban J connectivity index is 2.26. The number of halogens is 2. The zero-order valence-electron chi connectivity index (χ0n) is 15.6. The lowest BCUT2D eigenvalue weighted by atomic mass is 9.95. The largest absolute Gasteiger partial charge is 0.490 e. The van der Waals surface area contributed by atoms with Crippen LogP contribution in [0.25, 0.3) is 0 Å². The minimum absolute atomic E-state index is 0.391. The summed E-state index contributed by atoms with van der Waals surface area (Å²) in [5.74, 6) is 0. The van der Waals surface area contributed by atoms with Gasteiger partial charge < -0.3 is 29.4 Å². The smallest absolute Gasteiger partial charge is 0.387 e. The summed E-state index contributed by atoms with van der Waals surface area (Å²) in [7, 11) is -17.2. The van der Waals surface area contributed by atoms with Crippen molar-refractivity contribution in [1.29, 1.82) is 0 Å². The number of aliphatic hydroxyl groups excluding tert-OH is 1. The molecule has 1 aliphatic rings. The molecule has 32 heavy (non-hydrogen) atoms. The van der Waals surface area contributed by atoms with Crippen molar-refractivity contribution in [3.05, 3.63) is 33.1 Å². The molecule has 1 aromatic rings. The van der Waals surface area contributed by atoms with Crippen molar-refractivity contribution in [2.24, 2.45) is 0 Å². The molecular formula is C11H17F2N2O14P3.